The molecular weight excluding hydrogens is 374 g/mol. The number of aromatic nitrogens is 2. The number of para-hydroxylation sites is 1. The summed E-state index contributed by atoms with van der Waals surface area (Å²) in [5, 5.41) is 5.51. The van der Waals surface area contributed by atoms with E-state index in [1.54, 1.807) is 0 Å². The van der Waals surface area contributed by atoms with Crippen molar-refractivity contribution in [3.8, 4) is 16.9 Å². The maximum absolute atomic E-state index is 12.1. The molecule has 6 heteroatoms. The van der Waals surface area contributed by atoms with E-state index in [1.807, 2.05) is 84.3 Å². The zero-order valence-corrected chi connectivity index (χ0v) is 16.6. The average molecular weight is 396 g/mol. The number of likely N-dealkylation sites (N-methyl/N-ethyl adjacent to an activating group) is 1. The minimum absolute atomic E-state index is 0.0391. The van der Waals surface area contributed by atoms with Crippen molar-refractivity contribution < 1.29 is 9.53 Å². The molecule has 1 aliphatic rings. The van der Waals surface area contributed by atoms with Gasteiger partial charge in [-0.05, 0) is 38.2 Å². The Kier molecular flexibility index (Phi) is 5.20. The SMILES string of the molecule is CC1CC(N(C)Cc2cn(-c3ccccc3)nc2-c2ccc(Cl)cc2)C(=O)O1. The van der Waals surface area contributed by atoms with Crippen LogP contribution in [0.1, 0.15) is 18.9 Å². The van der Waals surface area contributed by atoms with Crippen molar-refractivity contribution in [2.45, 2.75) is 32.0 Å². The molecule has 2 unspecified atom stereocenters. The quantitative estimate of drug-likeness (QED) is 0.603. The van der Waals surface area contributed by atoms with Crippen molar-refractivity contribution in [1.82, 2.24) is 14.7 Å². The maximum Gasteiger partial charge on any atom is 0.323 e. The van der Waals surface area contributed by atoms with E-state index in [0.717, 1.165) is 22.5 Å². The third kappa shape index (κ3) is 3.81. The van der Waals surface area contributed by atoms with Crippen LogP contribution in [0.4, 0.5) is 0 Å². The van der Waals surface area contributed by atoms with Gasteiger partial charge in [-0.15, -0.1) is 0 Å². The number of esters is 1. The maximum atomic E-state index is 12.1. The van der Waals surface area contributed by atoms with Crippen LogP contribution in [0.2, 0.25) is 5.02 Å². The Labute approximate surface area is 169 Å². The highest BCUT2D eigenvalue weighted by Gasteiger charge is 2.35. The lowest BCUT2D eigenvalue weighted by molar-refractivity contribution is -0.144. The van der Waals surface area contributed by atoms with Crippen LogP contribution in [-0.4, -0.2) is 39.8 Å². The highest BCUT2D eigenvalue weighted by Crippen LogP contribution is 2.28. The van der Waals surface area contributed by atoms with E-state index < -0.39 is 0 Å². The molecule has 3 aromatic rings. The lowest BCUT2D eigenvalue weighted by Gasteiger charge is -2.20. The summed E-state index contributed by atoms with van der Waals surface area (Å²) in [6.07, 6.45) is 2.69. The number of carbonyl (C=O) groups is 1. The van der Waals surface area contributed by atoms with Gasteiger partial charge >= 0.3 is 5.97 Å². The molecule has 0 spiro atoms. The number of benzene rings is 2. The second-order valence-corrected chi connectivity index (χ2v) is 7.64. The Hall–Kier alpha value is -2.63. The summed E-state index contributed by atoms with van der Waals surface area (Å²) in [5.74, 6) is -0.154. The van der Waals surface area contributed by atoms with Crippen LogP contribution in [0, 0.1) is 0 Å². The summed E-state index contributed by atoms with van der Waals surface area (Å²) >= 11 is 6.05. The first-order valence-corrected chi connectivity index (χ1v) is 9.69. The van der Waals surface area contributed by atoms with Gasteiger partial charge in [0.1, 0.15) is 12.1 Å². The van der Waals surface area contributed by atoms with Gasteiger partial charge in [-0.2, -0.15) is 5.10 Å². The normalized spacial score (nSPS) is 19.2. The molecule has 0 bridgehead atoms. The fourth-order valence-electron chi connectivity index (χ4n) is 3.56. The van der Waals surface area contributed by atoms with Gasteiger partial charge in [0.05, 0.1) is 11.4 Å². The van der Waals surface area contributed by atoms with Crippen molar-refractivity contribution in [3.63, 3.8) is 0 Å². The molecule has 0 amide bonds. The summed E-state index contributed by atoms with van der Waals surface area (Å²) in [7, 11) is 1.95. The zero-order valence-electron chi connectivity index (χ0n) is 15.9. The largest absolute Gasteiger partial charge is 0.461 e. The minimum atomic E-state index is -0.229. The third-order valence-corrected chi connectivity index (χ3v) is 5.28. The Balaban J connectivity index is 1.69. The first-order valence-electron chi connectivity index (χ1n) is 9.32. The second-order valence-electron chi connectivity index (χ2n) is 7.20. The fraction of sp³-hybridized carbons (Fsp3) is 0.273. The fourth-order valence-corrected chi connectivity index (χ4v) is 3.69. The number of carbonyl (C=O) groups excluding carboxylic acids is 1. The Morgan fingerprint density at radius 2 is 1.89 bits per heavy atom. The number of rotatable bonds is 5. The van der Waals surface area contributed by atoms with Gasteiger partial charge in [0.15, 0.2) is 0 Å². The van der Waals surface area contributed by atoms with E-state index in [1.165, 1.54) is 0 Å². The monoisotopic (exact) mass is 395 g/mol. The van der Waals surface area contributed by atoms with Gasteiger partial charge in [0.25, 0.3) is 0 Å². The number of nitrogens with zero attached hydrogens (tertiary/aromatic N) is 3. The summed E-state index contributed by atoms with van der Waals surface area (Å²) in [5.41, 5.74) is 3.90. The first-order chi connectivity index (χ1) is 13.5. The van der Waals surface area contributed by atoms with E-state index in [0.29, 0.717) is 18.0 Å². The van der Waals surface area contributed by atoms with E-state index in [2.05, 4.69) is 0 Å². The molecule has 1 aliphatic heterocycles. The standard InChI is InChI=1S/C22H22ClN3O2/c1-15-12-20(22(27)28-15)25(2)13-17-14-26(19-6-4-3-5-7-19)24-21(17)16-8-10-18(23)11-9-16/h3-11,14-15,20H,12-13H2,1-2H3. The van der Waals surface area contributed by atoms with Crippen LogP contribution in [0.25, 0.3) is 16.9 Å². The highest BCUT2D eigenvalue weighted by atomic mass is 35.5. The predicted molar refractivity (Wildman–Crippen MR) is 109 cm³/mol. The van der Waals surface area contributed by atoms with Gasteiger partial charge in [-0.3, -0.25) is 9.69 Å². The Bertz CT molecular complexity index is 969. The summed E-state index contributed by atoms with van der Waals surface area (Å²) in [6.45, 7) is 2.52. The minimum Gasteiger partial charge on any atom is -0.461 e. The molecule has 0 N–H and O–H groups in total. The number of ether oxygens (including phenoxy) is 1. The molecule has 28 heavy (non-hydrogen) atoms. The van der Waals surface area contributed by atoms with Gasteiger partial charge in [-0.1, -0.05) is 41.9 Å². The van der Waals surface area contributed by atoms with Crippen LogP contribution in [-0.2, 0) is 16.1 Å². The molecule has 2 heterocycles. The van der Waals surface area contributed by atoms with E-state index >= 15 is 0 Å². The molecule has 1 aromatic heterocycles. The Morgan fingerprint density at radius 3 is 2.54 bits per heavy atom. The highest BCUT2D eigenvalue weighted by molar-refractivity contribution is 6.30. The van der Waals surface area contributed by atoms with Crippen molar-refractivity contribution in [3.05, 3.63) is 71.4 Å². The van der Waals surface area contributed by atoms with Gasteiger partial charge < -0.3 is 4.74 Å². The number of halogens is 1. The lowest BCUT2D eigenvalue weighted by Crippen LogP contribution is -2.34. The molecular formula is C22H22ClN3O2. The third-order valence-electron chi connectivity index (χ3n) is 5.02. The Morgan fingerprint density at radius 1 is 1.18 bits per heavy atom. The van der Waals surface area contributed by atoms with Crippen LogP contribution >= 0.6 is 11.6 Å². The van der Waals surface area contributed by atoms with Crippen LogP contribution in [0.5, 0.6) is 0 Å². The van der Waals surface area contributed by atoms with E-state index in [4.69, 9.17) is 21.4 Å². The van der Waals surface area contributed by atoms with Crippen molar-refractivity contribution in [2.75, 3.05) is 7.05 Å². The van der Waals surface area contributed by atoms with Crippen molar-refractivity contribution >= 4 is 17.6 Å². The van der Waals surface area contributed by atoms with Crippen molar-refractivity contribution in [2.24, 2.45) is 0 Å². The van der Waals surface area contributed by atoms with Crippen LogP contribution < -0.4 is 0 Å². The van der Waals surface area contributed by atoms with Crippen LogP contribution in [0.3, 0.4) is 0 Å². The van der Waals surface area contributed by atoms with Crippen molar-refractivity contribution in [1.29, 1.82) is 0 Å². The molecule has 144 valence electrons. The molecule has 1 saturated heterocycles. The number of hydrogen-bond donors (Lipinski definition) is 0. The van der Waals surface area contributed by atoms with E-state index in [-0.39, 0.29) is 18.1 Å². The average Bonchev–Trinajstić information content (AvgIpc) is 3.26. The molecule has 0 saturated carbocycles. The molecule has 0 radical (unpaired) electrons. The summed E-state index contributed by atoms with van der Waals surface area (Å²) in [6, 6.07) is 17.4. The molecule has 2 atom stereocenters. The summed E-state index contributed by atoms with van der Waals surface area (Å²) < 4.78 is 7.20. The molecule has 5 nitrogen and oxygen atoms in total. The molecule has 4 rings (SSSR count). The van der Waals surface area contributed by atoms with Gasteiger partial charge in [0.2, 0.25) is 0 Å². The van der Waals surface area contributed by atoms with Crippen LogP contribution in [0.15, 0.2) is 60.8 Å². The lowest BCUT2D eigenvalue weighted by atomic mass is 10.1. The van der Waals surface area contributed by atoms with Gasteiger partial charge in [0, 0.05) is 35.3 Å². The first kappa shape index (κ1) is 18.7. The topological polar surface area (TPSA) is 47.4 Å². The molecule has 0 aliphatic carbocycles. The van der Waals surface area contributed by atoms with Gasteiger partial charge in [-0.25, -0.2) is 4.68 Å². The zero-order chi connectivity index (χ0) is 19.7. The molecule has 1 fully saturated rings. The summed E-state index contributed by atoms with van der Waals surface area (Å²) in [4.78, 5) is 14.2. The smallest absolute Gasteiger partial charge is 0.323 e. The number of hydrogen-bond acceptors (Lipinski definition) is 4. The molecule has 2 aromatic carbocycles. The second kappa shape index (κ2) is 7.78. The predicted octanol–water partition coefficient (Wildman–Crippen LogP) is 4.33. The van der Waals surface area contributed by atoms with E-state index in [9.17, 15) is 4.79 Å². The number of cyclic esters (lactones) is 1.